The van der Waals surface area contributed by atoms with Gasteiger partial charge in [0.05, 0.1) is 5.71 Å². The molecule has 3 aromatic carbocycles. The molecule has 0 fully saturated rings. The van der Waals surface area contributed by atoms with Crippen LogP contribution in [0.15, 0.2) is 86.7 Å². The summed E-state index contributed by atoms with van der Waals surface area (Å²) in [5.74, 6) is -0.948. The Hall–Kier alpha value is -2.24. The van der Waals surface area contributed by atoms with E-state index in [-0.39, 0.29) is 11.8 Å². The van der Waals surface area contributed by atoms with Gasteiger partial charge < -0.3 is 5.11 Å². The first-order valence-corrected chi connectivity index (χ1v) is 11.7. The van der Waals surface area contributed by atoms with Crippen molar-refractivity contribution in [2.75, 3.05) is 0 Å². The molecule has 0 heterocycles. The fraction of sp³-hybridized carbons (Fsp3) is 0.231. The number of rotatable bonds is 6. The van der Waals surface area contributed by atoms with Crippen LogP contribution in [-0.2, 0) is 16.6 Å². The summed E-state index contributed by atoms with van der Waals surface area (Å²) in [4.78, 5) is 17.0. The summed E-state index contributed by atoms with van der Waals surface area (Å²) in [6, 6.07) is 22.5. The number of hydrogen-bond donors (Lipinski definition) is 1. The number of carbonyl (C=O) groups is 1. The average Bonchev–Trinajstić information content (AvgIpc) is 2.72. The first-order valence-electron chi connectivity index (χ1n) is 10.1. The van der Waals surface area contributed by atoms with E-state index in [1.807, 2.05) is 72.8 Å². The highest BCUT2D eigenvalue weighted by atomic mass is 79.9. The zero-order valence-corrected chi connectivity index (χ0v) is 20.9. The van der Waals surface area contributed by atoms with Gasteiger partial charge >= 0.3 is 5.97 Å². The van der Waals surface area contributed by atoms with E-state index < -0.39 is 12.0 Å². The molecule has 0 saturated heterocycles. The molecular formula is C26H25Br2NO2. The van der Waals surface area contributed by atoms with Crippen LogP contribution in [0.2, 0.25) is 0 Å². The van der Waals surface area contributed by atoms with Crippen LogP contribution in [0.1, 0.15) is 43.0 Å². The fourth-order valence-electron chi connectivity index (χ4n) is 3.50. The summed E-state index contributed by atoms with van der Waals surface area (Å²) in [5, 5.41) is 10.0. The lowest BCUT2D eigenvalue weighted by molar-refractivity contribution is -0.138. The Balaban J connectivity index is 2.08. The Morgan fingerprint density at radius 1 is 0.903 bits per heavy atom. The zero-order valence-electron chi connectivity index (χ0n) is 17.8. The van der Waals surface area contributed by atoms with Crippen molar-refractivity contribution in [1.29, 1.82) is 0 Å². The van der Waals surface area contributed by atoms with E-state index in [0.29, 0.717) is 5.71 Å². The number of nitrogens with zero attached hydrogens (tertiary/aromatic N) is 1. The minimum absolute atomic E-state index is 0.102. The maximum Gasteiger partial charge on any atom is 0.328 e. The van der Waals surface area contributed by atoms with Crippen molar-refractivity contribution in [3.63, 3.8) is 0 Å². The number of benzene rings is 3. The Kier molecular flexibility index (Phi) is 7.50. The molecule has 1 N–H and O–H groups in total. The molecular weight excluding hydrogens is 518 g/mol. The van der Waals surface area contributed by atoms with E-state index in [0.717, 1.165) is 31.2 Å². The molecule has 0 amide bonds. The molecule has 0 aromatic heterocycles. The van der Waals surface area contributed by atoms with Gasteiger partial charge in [-0.2, -0.15) is 0 Å². The summed E-state index contributed by atoms with van der Waals surface area (Å²) in [6.45, 7) is 6.41. The monoisotopic (exact) mass is 541 g/mol. The first-order chi connectivity index (χ1) is 14.7. The molecule has 1 unspecified atom stereocenters. The predicted molar refractivity (Wildman–Crippen MR) is 134 cm³/mol. The largest absolute Gasteiger partial charge is 0.480 e. The molecule has 31 heavy (non-hydrogen) atoms. The zero-order chi connectivity index (χ0) is 22.6. The molecule has 3 rings (SSSR count). The van der Waals surface area contributed by atoms with Crippen molar-refractivity contribution >= 4 is 43.5 Å². The van der Waals surface area contributed by atoms with Crippen molar-refractivity contribution in [3.8, 4) is 0 Å². The normalized spacial score (nSPS) is 12.3. The van der Waals surface area contributed by atoms with Crippen molar-refractivity contribution in [2.45, 2.75) is 38.6 Å². The van der Waals surface area contributed by atoms with Gasteiger partial charge in [-0.1, -0.05) is 119 Å². The summed E-state index contributed by atoms with van der Waals surface area (Å²) < 4.78 is 1.93. The second-order valence-corrected chi connectivity index (χ2v) is 10.1. The maximum atomic E-state index is 12.2. The number of halogens is 2. The van der Waals surface area contributed by atoms with Gasteiger partial charge in [-0.25, -0.2) is 4.79 Å². The number of aliphatic carboxylic acids is 1. The van der Waals surface area contributed by atoms with E-state index in [2.05, 4.69) is 52.6 Å². The molecule has 0 aliphatic carbocycles. The topological polar surface area (TPSA) is 49.7 Å². The lowest BCUT2D eigenvalue weighted by atomic mass is 9.85. The number of carboxylic acid groups (broad SMARTS) is 1. The standard InChI is InChI=1S/C26H25Br2NO2/c1-26(2,3)22-20(27)15-14-19(23(22)28)16-21(25(30)31)29-24(17-10-6-4-7-11-17)18-12-8-5-9-13-18/h4-15,21H,16H2,1-3H3,(H,30,31). The Labute approximate surface area is 200 Å². The van der Waals surface area contributed by atoms with E-state index in [1.165, 1.54) is 0 Å². The fourth-order valence-corrected chi connectivity index (χ4v) is 5.79. The van der Waals surface area contributed by atoms with Crippen LogP contribution in [0.4, 0.5) is 0 Å². The van der Waals surface area contributed by atoms with Crippen LogP contribution >= 0.6 is 31.9 Å². The van der Waals surface area contributed by atoms with Crippen LogP contribution < -0.4 is 0 Å². The number of carboxylic acids is 1. The van der Waals surface area contributed by atoms with Crippen LogP contribution in [0, 0.1) is 0 Å². The van der Waals surface area contributed by atoms with E-state index in [9.17, 15) is 9.90 Å². The highest BCUT2D eigenvalue weighted by molar-refractivity contribution is 9.11. The van der Waals surface area contributed by atoms with Crippen molar-refractivity contribution in [1.82, 2.24) is 0 Å². The molecule has 1 atom stereocenters. The number of hydrogen-bond acceptors (Lipinski definition) is 2. The second-order valence-electron chi connectivity index (χ2n) is 8.41. The van der Waals surface area contributed by atoms with Crippen molar-refractivity contribution < 1.29 is 9.90 Å². The Morgan fingerprint density at radius 3 is 1.87 bits per heavy atom. The molecule has 3 nitrogen and oxygen atoms in total. The third-order valence-corrected chi connectivity index (χ3v) is 6.57. The summed E-state index contributed by atoms with van der Waals surface area (Å²) >= 11 is 7.37. The minimum atomic E-state index is -0.948. The van der Waals surface area contributed by atoms with E-state index >= 15 is 0 Å². The lowest BCUT2D eigenvalue weighted by Crippen LogP contribution is -2.24. The van der Waals surface area contributed by atoms with Gasteiger partial charge in [0.15, 0.2) is 6.04 Å². The van der Waals surface area contributed by atoms with Gasteiger partial charge in [0.1, 0.15) is 0 Å². The van der Waals surface area contributed by atoms with Crippen molar-refractivity contribution in [2.24, 2.45) is 4.99 Å². The van der Waals surface area contributed by atoms with Gasteiger partial charge in [-0.3, -0.25) is 4.99 Å². The highest BCUT2D eigenvalue weighted by Crippen LogP contribution is 2.38. The molecule has 0 aliphatic rings. The minimum Gasteiger partial charge on any atom is -0.480 e. The second kappa shape index (κ2) is 9.92. The highest BCUT2D eigenvalue weighted by Gasteiger charge is 2.25. The van der Waals surface area contributed by atoms with E-state index in [4.69, 9.17) is 4.99 Å². The third kappa shape index (κ3) is 5.72. The Morgan fingerprint density at radius 2 is 1.42 bits per heavy atom. The van der Waals surface area contributed by atoms with Crippen LogP contribution in [0.25, 0.3) is 0 Å². The van der Waals surface area contributed by atoms with Gasteiger partial charge in [0.2, 0.25) is 0 Å². The molecule has 0 saturated carbocycles. The lowest BCUT2D eigenvalue weighted by Gasteiger charge is -2.24. The Bertz CT molecular complexity index is 1050. The van der Waals surface area contributed by atoms with Gasteiger partial charge in [0, 0.05) is 26.5 Å². The molecule has 0 radical (unpaired) electrons. The number of aliphatic imine (C=N–C) groups is 1. The first kappa shape index (κ1) is 23.4. The summed E-state index contributed by atoms with van der Waals surface area (Å²) in [5.41, 5.74) is 4.40. The van der Waals surface area contributed by atoms with E-state index in [1.54, 1.807) is 0 Å². The predicted octanol–water partition coefficient (Wildman–Crippen LogP) is 7.04. The smallest absolute Gasteiger partial charge is 0.328 e. The van der Waals surface area contributed by atoms with Crippen LogP contribution in [0.3, 0.4) is 0 Å². The van der Waals surface area contributed by atoms with Crippen molar-refractivity contribution in [3.05, 3.63) is 104 Å². The molecule has 5 heteroatoms. The molecule has 0 spiro atoms. The molecule has 0 aliphatic heterocycles. The third-order valence-electron chi connectivity index (χ3n) is 5.00. The van der Waals surface area contributed by atoms with Gasteiger partial charge in [0.25, 0.3) is 0 Å². The maximum absolute atomic E-state index is 12.2. The molecule has 3 aromatic rings. The summed E-state index contributed by atoms with van der Waals surface area (Å²) in [7, 11) is 0. The molecule has 0 bridgehead atoms. The quantitative estimate of drug-likeness (QED) is 0.339. The average molecular weight is 543 g/mol. The van der Waals surface area contributed by atoms with Crippen LogP contribution in [-0.4, -0.2) is 22.8 Å². The molecule has 160 valence electrons. The van der Waals surface area contributed by atoms with Gasteiger partial charge in [-0.15, -0.1) is 0 Å². The summed E-state index contributed by atoms with van der Waals surface area (Å²) in [6.07, 6.45) is 0.287. The SMILES string of the molecule is CC(C)(C)c1c(Br)ccc(CC(N=C(c2ccccc2)c2ccccc2)C(=O)O)c1Br. The van der Waals surface area contributed by atoms with Gasteiger partial charge in [-0.05, 0) is 22.6 Å². The van der Waals surface area contributed by atoms with Crippen LogP contribution in [0.5, 0.6) is 0 Å².